The number of halogens is 2. The molecule has 1 aromatic heterocycles. The molecule has 0 bridgehead atoms. The number of hydrogen-bond donors (Lipinski definition) is 1. The zero-order valence-electron chi connectivity index (χ0n) is 13.8. The van der Waals surface area contributed by atoms with E-state index in [0.717, 1.165) is 37.0 Å². The van der Waals surface area contributed by atoms with Crippen LogP contribution in [0.1, 0.15) is 28.6 Å². The molecule has 0 spiro atoms. The fraction of sp³-hybridized carbons (Fsp3) is 0.471. The number of nitrogens with zero attached hydrogens (tertiary/aromatic N) is 3. The highest BCUT2D eigenvalue weighted by Gasteiger charge is 2.27. The highest BCUT2D eigenvalue weighted by molar-refractivity contribution is 6.30. The van der Waals surface area contributed by atoms with Gasteiger partial charge in [0.2, 0.25) is 0 Å². The first-order chi connectivity index (χ1) is 10.6. The van der Waals surface area contributed by atoms with Crippen LogP contribution in [0.2, 0.25) is 5.02 Å². The van der Waals surface area contributed by atoms with Gasteiger partial charge in [-0.25, -0.2) is 4.98 Å². The Morgan fingerprint density at radius 1 is 1.30 bits per heavy atom. The SMILES string of the molecule is Cc1cc(Cl)cc(C)c1CN1CCNCC1c1nccn1C.Cl. The average molecular weight is 355 g/mol. The molecule has 1 N–H and O–H groups in total. The van der Waals surface area contributed by atoms with E-state index in [1.54, 1.807) is 0 Å². The molecule has 0 amide bonds. The van der Waals surface area contributed by atoms with E-state index in [-0.39, 0.29) is 12.4 Å². The van der Waals surface area contributed by atoms with Crippen molar-refractivity contribution in [3.8, 4) is 0 Å². The van der Waals surface area contributed by atoms with Crippen molar-refractivity contribution in [2.75, 3.05) is 19.6 Å². The molecule has 2 heterocycles. The maximum absolute atomic E-state index is 6.16. The Bertz CT molecular complexity index is 645. The van der Waals surface area contributed by atoms with Gasteiger partial charge in [0.15, 0.2) is 0 Å². The van der Waals surface area contributed by atoms with Crippen LogP contribution in [0.5, 0.6) is 0 Å². The van der Waals surface area contributed by atoms with Gasteiger partial charge < -0.3 is 9.88 Å². The van der Waals surface area contributed by atoms with Gasteiger partial charge in [-0.2, -0.15) is 0 Å². The van der Waals surface area contributed by atoms with Gasteiger partial charge in [0, 0.05) is 50.6 Å². The summed E-state index contributed by atoms with van der Waals surface area (Å²) >= 11 is 6.16. The Morgan fingerprint density at radius 2 is 2.00 bits per heavy atom. The van der Waals surface area contributed by atoms with Gasteiger partial charge >= 0.3 is 0 Å². The Kier molecular flexibility index (Phi) is 6.09. The minimum absolute atomic E-state index is 0. The number of benzene rings is 1. The topological polar surface area (TPSA) is 33.1 Å². The van der Waals surface area contributed by atoms with E-state index in [1.807, 2.05) is 12.4 Å². The number of hydrogen-bond acceptors (Lipinski definition) is 3. The molecule has 0 radical (unpaired) electrons. The molecule has 1 fully saturated rings. The summed E-state index contributed by atoms with van der Waals surface area (Å²) in [5, 5.41) is 4.31. The van der Waals surface area contributed by atoms with Crippen molar-refractivity contribution in [2.45, 2.75) is 26.4 Å². The molecule has 4 nitrogen and oxygen atoms in total. The number of piperazine rings is 1. The summed E-state index contributed by atoms with van der Waals surface area (Å²) in [5.41, 5.74) is 3.91. The second-order valence-electron chi connectivity index (χ2n) is 6.10. The molecule has 1 aromatic carbocycles. The summed E-state index contributed by atoms with van der Waals surface area (Å²) in [6.07, 6.45) is 3.89. The van der Waals surface area contributed by atoms with Crippen molar-refractivity contribution in [3.63, 3.8) is 0 Å². The van der Waals surface area contributed by atoms with Crippen LogP contribution < -0.4 is 5.32 Å². The Morgan fingerprint density at radius 3 is 2.61 bits per heavy atom. The molecule has 0 aliphatic carbocycles. The number of imidazole rings is 1. The van der Waals surface area contributed by atoms with E-state index in [2.05, 4.69) is 52.8 Å². The second kappa shape index (κ2) is 7.67. The van der Waals surface area contributed by atoms with Crippen molar-refractivity contribution in [1.29, 1.82) is 0 Å². The smallest absolute Gasteiger partial charge is 0.127 e. The fourth-order valence-electron chi connectivity index (χ4n) is 3.28. The molecule has 23 heavy (non-hydrogen) atoms. The summed E-state index contributed by atoms with van der Waals surface area (Å²) in [7, 11) is 2.06. The van der Waals surface area contributed by atoms with Gasteiger partial charge in [-0.15, -0.1) is 12.4 Å². The van der Waals surface area contributed by atoms with Gasteiger partial charge in [-0.1, -0.05) is 11.6 Å². The summed E-state index contributed by atoms with van der Waals surface area (Å²) in [5.74, 6) is 1.12. The van der Waals surface area contributed by atoms with Crippen molar-refractivity contribution >= 4 is 24.0 Å². The quantitative estimate of drug-likeness (QED) is 0.918. The van der Waals surface area contributed by atoms with Gasteiger partial charge in [-0.3, -0.25) is 4.90 Å². The number of nitrogens with one attached hydrogen (secondary N) is 1. The first-order valence-corrected chi connectivity index (χ1v) is 8.11. The largest absolute Gasteiger partial charge is 0.337 e. The lowest BCUT2D eigenvalue weighted by atomic mass is 10.0. The van der Waals surface area contributed by atoms with E-state index in [0.29, 0.717) is 6.04 Å². The van der Waals surface area contributed by atoms with E-state index >= 15 is 0 Å². The maximum Gasteiger partial charge on any atom is 0.127 e. The van der Waals surface area contributed by atoms with Gasteiger partial charge in [0.05, 0.1) is 6.04 Å². The molecule has 1 atom stereocenters. The van der Waals surface area contributed by atoms with Crippen LogP contribution in [0.15, 0.2) is 24.5 Å². The van der Waals surface area contributed by atoms with Crippen molar-refractivity contribution in [3.05, 3.63) is 52.1 Å². The van der Waals surface area contributed by atoms with Crippen LogP contribution in [-0.4, -0.2) is 34.1 Å². The van der Waals surface area contributed by atoms with Gasteiger partial charge in [0.1, 0.15) is 5.82 Å². The summed E-state index contributed by atoms with van der Waals surface area (Å²) in [4.78, 5) is 7.07. The molecule has 3 rings (SSSR count). The van der Waals surface area contributed by atoms with E-state index in [4.69, 9.17) is 11.6 Å². The van der Waals surface area contributed by atoms with Crippen LogP contribution in [0.3, 0.4) is 0 Å². The van der Waals surface area contributed by atoms with Crippen molar-refractivity contribution < 1.29 is 0 Å². The zero-order chi connectivity index (χ0) is 15.7. The standard InChI is InChI=1S/C17H23ClN4.ClH/c1-12-8-14(18)9-13(2)15(12)11-22-7-4-19-10-16(22)17-20-5-6-21(17)3;/h5-6,8-9,16,19H,4,7,10-11H2,1-3H3;1H. The predicted octanol–water partition coefficient (Wildman–Crippen LogP) is 3.26. The van der Waals surface area contributed by atoms with Gasteiger partial charge in [0.25, 0.3) is 0 Å². The van der Waals surface area contributed by atoms with Crippen molar-refractivity contribution in [2.24, 2.45) is 7.05 Å². The molecule has 126 valence electrons. The van der Waals surface area contributed by atoms with Crippen LogP contribution >= 0.6 is 24.0 Å². The molecule has 1 unspecified atom stereocenters. The summed E-state index contributed by atoms with van der Waals surface area (Å²) in [6.45, 7) is 8.22. The average Bonchev–Trinajstić information content (AvgIpc) is 2.89. The third-order valence-corrected chi connectivity index (χ3v) is 4.75. The lowest BCUT2D eigenvalue weighted by molar-refractivity contribution is 0.144. The number of aryl methyl sites for hydroxylation is 3. The predicted molar refractivity (Wildman–Crippen MR) is 97.4 cm³/mol. The monoisotopic (exact) mass is 354 g/mol. The Hall–Kier alpha value is -1.07. The molecule has 6 heteroatoms. The lowest BCUT2D eigenvalue weighted by Gasteiger charge is -2.36. The Balaban J connectivity index is 0.00000192. The van der Waals surface area contributed by atoms with E-state index in [9.17, 15) is 0 Å². The molecule has 1 aliphatic rings. The fourth-order valence-corrected chi connectivity index (χ4v) is 3.61. The molecule has 1 saturated heterocycles. The van der Waals surface area contributed by atoms with Crippen LogP contribution in [0.4, 0.5) is 0 Å². The minimum Gasteiger partial charge on any atom is -0.337 e. The van der Waals surface area contributed by atoms with Crippen LogP contribution in [-0.2, 0) is 13.6 Å². The molecular weight excluding hydrogens is 331 g/mol. The van der Waals surface area contributed by atoms with Gasteiger partial charge in [-0.05, 0) is 42.7 Å². The van der Waals surface area contributed by atoms with Crippen LogP contribution in [0, 0.1) is 13.8 Å². The zero-order valence-corrected chi connectivity index (χ0v) is 15.4. The first kappa shape index (κ1) is 18.3. The summed E-state index contributed by atoms with van der Waals surface area (Å²) < 4.78 is 2.12. The Labute approximate surface area is 149 Å². The second-order valence-corrected chi connectivity index (χ2v) is 6.54. The number of aromatic nitrogens is 2. The summed E-state index contributed by atoms with van der Waals surface area (Å²) in [6, 6.07) is 4.42. The normalized spacial score (nSPS) is 18.7. The minimum atomic E-state index is 0. The first-order valence-electron chi connectivity index (χ1n) is 7.74. The molecule has 2 aromatic rings. The highest BCUT2D eigenvalue weighted by Crippen LogP contribution is 2.27. The highest BCUT2D eigenvalue weighted by atomic mass is 35.5. The third-order valence-electron chi connectivity index (χ3n) is 4.53. The lowest BCUT2D eigenvalue weighted by Crippen LogP contribution is -2.46. The third kappa shape index (κ3) is 3.89. The van der Waals surface area contributed by atoms with Crippen molar-refractivity contribution in [1.82, 2.24) is 19.8 Å². The molecule has 1 aliphatic heterocycles. The van der Waals surface area contributed by atoms with E-state index < -0.39 is 0 Å². The van der Waals surface area contributed by atoms with E-state index in [1.165, 1.54) is 16.7 Å². The molecule has 0 saturated carbocycles. The van der Waals surface area contributed by atoms with Crippen LogP contribution in [0.25, 0.3) is 0 Å². The molecular formula is C17H24Cl2N4. The number of rotatable bonds is 3. The maximum atomic E-state index is 6.16.